The minimum Gasteiger partial charge on any atom is -0.489 e. The average molecular weight is 359 g/mol. The summed E-state index contributed by atoms with van der Waals surface area (Å²) < 4.78 is 11.1. The molecule has 0 bridgehead atoms. The molecule has 0 aliphatic carbocycles. The van der Waals surface area contributed by atoms with Crippen molar-refractivity contribution >= 4 is 28.6 Å². The van der Waals surface area contributed by atoms with Crippen LogP contribution in [-0.4, -0.2) is 33.3 Å². The first-order chi connectivity index (χ1) is 12.0. The molecule has 1 N–H and O–H groups in total. The van der Waals surface area contributed by atoms with Gasteiger partial charge in [0.25, 0.3) is 0 Å². The van der Waals surface area contributed by atoms with Gasteiger partial charge in [-0.25, -0.2) is 14.8 Å². The number of rotatable bonds is 6. The molecule has 1 aromatic heterocycles. The Morgan fingerprint density at radius 1 is 1.20 bits per heavy atom. The van der Waals surface area contributed by atoms with E-state index in [4.69, 9.17) is 21.1 Å². The van der Waals surface area contributed by atoms with Gasteiger partial charge >= 0.3 is 5.97 Å². The highest BCUT2D eigenvalue weighted by atomic mass is 35.5. The highest BCUT2D eigenvalue weighted by Crippen LogP contribution is 2.22. The summed E-state index contributed by atoms with van der Waals surface area (Å²) >= 11 is 5.95. The van der Waals surface area contributed by atoms with Crippen LogP contribution >= 0.6 is 11.6 Å². The van der Waals surface area contributed by atoms with Gasteiger partial charge in [-0.3, -0.25) is 0 Å². The maximum atomic E-state index is 11.7. The van der Waals surface area contributed by atoms with E-state index < -0.39 is 11.6 Å². The lowest BCUT2D eigenvalue weighted by molar-refractivity contribution is -0.156. The van der Waals surface area contributed by atoms with E-state index in [9.17, 15) is 9.90 Å². The van der Waals surface area contributed by atoms with Gasteiger partial charge in [0, 0.05) is 5.02 Å². The number of nitrogens with zero attached hydrogens (tertiary/aromatic N) is 2. The quantitative estimate of drug-likeness (QED) is 0.725. The first-order valence-corrected chi connectivity index (χ1v) is 7.87. The van der Waals surface area contributed by atoms with E-state index in [1.54, 1.807) is 42.5 Å². The van der Waals surface area contributed by atoms with Crippen molar-refractivity contribution in [1.29, 1.82) is 0 Å². The minimum atomic E-state index is -1.63. The predicted octanol–water partition coefficient (Wildman–Crippen LogP) is 3.58. The zero-order chi connectivity index (χ0) is 17.9. The van der Waals surface area contributed by atoms with Crippen LogP contribution in [0.25, 0.3) is 11.0 Å². The van der Waals surface area contributed by atoms with Crippen LogP contribution in [0.15, 0.2) is 54.7 Å². The largest absolute Gasteiger partial charge is 0.489 e. The Morgan fingerprint density at radius 3 is 2.68 bits per heavy atom. The van der Waals surface area contributed by atoms with E-state index in [-0.39, 0.29) is 12.5 Å². The number of hydrogen-bond donors (Lipinski definition) is 1. The van der Waals surface area contributed by atoms with E-state index in [0.29, 0.717) is 21.8 Å². The standard InChI is InChI=1S/C18H15ClN2O4/c1-18(17(22)23,11-24-13-5-3-2-4-6-13)25-16-10-20-14-8-7-12(19)9-15(14)21-16/h2-10H,11H2,1H3,(H,22,23). The topological polar surface area (TPSA) is 81.5 Å². The molecule has 6 nitrogen and oxygen atoms in total. The number of hydrogen-bond acceptors (Lipinski definition) is 5. The Balaban J connectivity index is 1.82. The summed E-state index contributed by atoms with van der Waals surface area (Å²) in [5.41, 5.74) is -0.479. The van der Waals surface area contributed by atoms with Gasteiger partial charge in [0.1, 0.15) is 12.4 Å². The smallest absolute Gasteiger partial charge is 0.351 e. The van der Waals surface area contributed by atoms with E-state index in [2.05, 4.69) is 9.97 Å². The van der Waals surface area contributed by atoms with Gasteiger partial charge < -0.3 is 14.6 Å². The molecule has 3 rings (SSSR count). The summed E-state index contributed by atoms with van der Waals surface area (Å²) in [6.45, 7) is 1.23. The van der Waals surface area contributed by atoms with E-state index in [0.717, 1.165) is 0 Å². The molecule has 25 heavy (non-hydrogen) atoms. The lowest BCUT2D eigenvalue weighted by Gasteiger charge is -2.25. The molecule has 0 saturated heterocycles. The van der Waals surface area contributed by atoms with Crippen molar-refractivity contribution in [2.45, 2.75) is 12.5 Å². The monoisotopic (exact) mass is 358 g/mol. The molecular weight excluding hydrogens is 344 g/mol. The molecule has 0 aliphatic rings. The number of para-hydroxylation sites is 1. The molecule has 0 aliphatic heterocycles. The summed E-state index contributed by atoms with van der Waals surface area (Å²) in [5, 5.41) is 10.1. The molecule has 2 aromatic carbocycles. The summed E-state index contributed by atoms with van der Waals surface area (Å²) in [5.74, 6) is -0.539. The molecule has 1 unspecified atom stereocenters. The Labute approximate surface area is 149 Å². The molecule has 3 aromatic rings. The molecule has 0 spiro atoms. The van der Waals surface area contributed by atoms with Crippen molar-refractivity contribution in [2.24, 2.45) is 0 Å². The first kappa shape index (κ1) is 17.0. The van der Waals surface area contributed by atoms with Crippen molar-refractivity contribution in [3.8, 4) is 11.6 Å². The third-order valence-electron chi connectivity index (χ3n) is 3.52. The lowest BCUT2D eigenvalue weighted by Crippen LogP contribution is -2.47. The zero-order valence-electron chi connectivity index (χ0n) is 13.3. The summed E-state index contributed by atoms with van der Waals surface area (Å²) in [6.07, 6.45) is 1.37. The maximum absolute atomic E-state index is 11.7. The molecule has 0 amide bonds. The maximum Gasteiger partial charge on any atom is 0.351 e. The Hall–Kier alpha value is -2.86. The molecule has 128 valence electrons. The summed E-state index contributed by atoms with van der Waals surface area (Å²) in [7, 11) is 0. The van der Waals surface area contributed by atoms with E-state index in [1.165, 1.54) is 13.1 Å². The van der Waals surface area contributed by atoms with Crippen LogP contribution in [0.5, 0.6) is 11.6 Å². The fraction of sp³-hybridized carbons (Fsp3) is 0.167. The number of halogens is 1. The number of carboxylic acids is 1. The number of aliphatic carboxylic acids is 1. The Kier molecular flexibility index (Phi) is 4.72. The van der Waals surface area contributed by atoms with Crippen molar-refractivity contribution < 1.29 is 19.4 Å². The molecule has 1 heterocycles. The molecule has 0 fully saturated rings. The van der Waals surface area contributed by atoms with Gasteiger partial charge in [0.15, 0.2) is 0 Å². The van der Waals surface area contributed by atoms with Crippen LogP contribution in [0.1, 0.15) is 6.92 Å². The lowest BCUT2D eigenvalue weighted by atomic mass is 10.1. The van der Waals surface area contributed by atoms with Crippen molar-refractivity contribution in [1.82, 2.24) is 9.97 Å². The highest BCUT2D eigenvalue weighted by Gasteiger charge is 2.37. The third-order valence-corrected chi connectivity index (χ3v) is 3.76. The van der Waals surface area contributed by atoms with Crippen LogP contribution < -0.4 is 9.47 Å². The van der Waals surface area contributed by atoms with Crippen LogP contribution in [0.4, 0.5) is 0 Å². The van der Waals surface area contributed by atoms with Crippen LogP contribution in [-0.2, 0) is 4.79 Å². The van der Waals surface area contributed by atoms with Gasteiger partial charge in [-0.1, -0.05) is 29.8 Å². The second kappa shape index (κ2) is 6.94. The summed E-state index contributed by atoms with van der Waals surface area (Å²) in [4.78, 5) is 20.2. The fourth-order valence-electron chi connectivity index (χ4n) is 2.12. The van der Waals surface area contributed by atoms with Crippen molar-refractivity contribution in [2.75, 3.05) is 6.61 Å². The number of fused-ring (bicyclic) bond motifs is 1. The van der Waals surface area contributed by atoms with Gasteiger partial charge in [-0.05, 0) is 37.3 Å². The predicted molar refractivity (Wildman–Crippen MR) is 93.2 cm³/mol. The Morgan fingerprint density at radius 2 is 1.96 bits per heavy atom. The number of benzene rings is 2. The average Bonchev–Trinajstić information content (AvgIpc) is 2.60. The van der Waals surface area contributed by atoms with Crippen LogP contribution in [0.3, 0.4) is 0 Å². The van der Waals surface area contributed by atoms with Gasteiger partial charge in [0.2, 0.25) is 11.5 Å². The zero-order valence-corrected chi connectivity index (χ0v) is 14.1. The van der Waals surface area contributed by atoms with E-state index >= 15 is 0 Å². The molecular formula is C18H15ClN2O4. The third kappa shape index (κ3) is 3.97. The molecule has 7 heteroatoms. The van der Waals surface area contributed by atoms with Gasteiger partial charge in [-0.2, -0.15) is 0 Å². The fourth-order valence-corrected chi connectivity index (χ4v) is 2.29. The number of carboxylic acid groups (broad SMARTS) is 1. The van der Waals surface area contributed by atoms with Crippen LogP contribution in [0, 0.1) is 0 Å². The van der Waals surface area contributed by atoms with Crippen molar-refractivity contribution in [3.05, 3.63) is 59.8 Å². The molecule has 0 radical (unpaired) electrons. The number of aromatic nitrogens is 2. The normalized spacial score (nSPS) is 13.2. The second-order valence-electron chi connectivity index (χ2n) is 5.58. The number of ether oxygens (including phenoxy) is 2. The van der Waals surface area contributed by atoms with E-state index in [1.807, 2.05) is 6.07 Å². The van der Waals surface area contributed by atoms with Gasteiger partial charge in [0.05, 0.1) is 17.2 Å². The second-order valence-corrected chi connectivity index (χ2v) is 6.02. The Bertz CT molecular complexity index is 904. The first-order valence-electron chi connectivity index (χ1n) is 7.49. The van der Waals surface area contributed by atoms with Gasteiger partial charge in [-0.15, -0.1) is 0 Å². The van der Waals surface area contributed by atoms with Crippen LogP contribution in [0.2, 0.25) is 5.02 Å². The minimum absolute atomic E-state index is 0.0799. The molecule has 1 atom stereocenters. The molecule has 0 saturated carbocycles. The highest BCUT2D eigenvalue weighted by molar-refractivity contribution is 6.31. The SMILES string of the molecule is CC(COc1ccccc1)(Oc1cnc2ccc(Cl)cc2n1)C(=O)O. The van der Waals surface area contributed by atoms with Crippen molar-refractivity contribution in [3.63, 3.8) is 0 Å². The number of carbonyl (C=O) groups is 1. The summed E-state index contributed by atoms with van der Waals surface area (Å²) in [6, 6.07) is 14.0.